The summed E-state index contributed by atoms with van der Waals surface area (Å²) in [7, 11) is 0. The fourth-order valence-electron chi connectivity index (χ4n) is 2.81. The largest absolute Gasteiger partial charge is 0.459 e. The molecule has 0 aliphatic carbocycles. The minimum absolute atomic E-state index is 0.0626. The number of esters is 2. The summed E-state index contributed by atoms with van der Waals surface area (Å²) in [5.41, 5.74) is 0.702. The van der Waals surface area contributed by atoms with E-state index in [2.05, 4.69) is 5.32 Å². The van der Waals surface area contributed by atoms with E-state index in [1.807, 2.05) is 0 Å². The summed E-state index contributed by atoms with van der Waals surface area (Å²) in [5, 5.41) is 12.9. The maximum atomic E-state index is 12.2. The summed E-state index contributed by atoms with van der Waals surface area (Å²) in [6, 6.07) is 15.9. The maximum Gasteiger partial charge on any atom is 0.338 e. The third-order valence-electron chi connectivity index (χ3n) is 4.19. The Kier molecular flexibility index (Phi) is 5.83. The molecule has 0 spiro atoms. The van der Waals surface area contributed by atoms with Crippen LogP contribution in [-0.2, 0) is 14.3 Å². The lowest BCUT2D eigenvalue weighted by Crippen LogP contribution is -2.46. The molecule has 7 heteroatoms. The monoisotopic (exact) mass is 369 g/mol. The van der Waals surface area contributed by atoms with Crippen molar-refractivity contribution in [2.75, 3.05) is 6.61 Å². The standard InChI is InChI=1S/C20H19NO6/c22-15(12-26-19(24)13-7-3-1-4-8-13)18-16(11-17(23)21-18)27-20(25)14-9-5-2-6-10-14/h1-10,15-16,18,22H,11-12H2,(H,21,23)/t15-,16-,18+/m1/s1. The van der Waals surface area contributed by atoms with E-state index in [9.17, 15) is 19.5 Å². The first kappa shape index (κ1) is 18.6. The zero-order chi connectivity index (χ0) is 19.2. The molecule has 1 fully saturated rings. The number of amides is 1. The number of nitrogens with one attached hydrogen (secondary N) is 1. The molecule has 0 radical (unpaired) electrons. The molecule has 3 atom stereocenters. The lowest BCUT2D eigenvalue weighted by molar-refractivity contribution is -0.119. The highest BCUT2D eigenvalue weighted by Gasteiger charge is 2.40. The lowest BCUT2D eigenvalue weighted by atomic mass is 10.1. The van der Waals surface area contributed by atoms with Gasteiger partial charge in [0.05, 0.1) is 23.6 Å². The third kappa shape index (κ3) is 4.71. The van der Waals surface area contributed by atoms with Gasteiger partial charge in [-0.2, -0.15) is 0 Å². The molecule has 2 N–H and O–H groups in total. The van der Waals surface area contributed by atoms with Crippen LogP contribution in [0, 0.1) is 0 Å². The number of carbonyl (C=O) groups excluding carboxylic acids is 3. The van der Waals surface area contributed by atoms with Gasteiger partial charge in [0, 0.05) is 0 Å². The number of aliphatic hydroxyl groups excluding tert-OH is 1. The van der Waals surface area contributed by atoms with Crippen molar-refractivity contribution >= 4 is 17.8 Å². The fraction of sp³-hybridized carbons (Fsp3) is 0.250. The smallest absolute Gasteiger partial charge is 0.338 e. The van der Waals surface area contributed by atoms with Crippen molar-refractivity contribution in [3.63, 3.8) is 0 Å². The Bertz CT molecular complexity index is 808. The van der Waals surface area contributed by atoms with Gasteiger partial charge in [0.1, 0.15) is 18.8 Å². The van der Waals surface area contributed by atoms with Gasteiger partial charge in [0.2, 0.25) is 5.91 Å². The van der Waals surface area contributed by atoms with E-state index in [4.69, 9.17) is 9.47 Å². The molecule has 1 aliphatic rings. The van der Waals surface area contributed by atoms with Gasteiger partial charge >= 0.3 is 11.9 Å². The van der Waals surface area contributed by atoms with Crippen LogP contribution in [-0.4, -0.2) is 47.8 Å². The summed E-state index contributed by atoms with van der Waals surface area (Å²) < 4.78 is 10.5. The number of ether oxygens (including phenoxy) is 2. The zero-order valence-electron chi connectivity index (χ0n) is 14.4. The molecule has 3 rings (SSSR count). The van der Waals surface area contributed by atoms with Crippen molar-refractivity contribution < 1.29 is 29.0 Å². The second-order valence-corrected chi connectivity index (χ2v) is 6.14. The zero-order valence-corrected chi connectivity index (χ0v) is 14.4. The van der Waals surface area contributed by atoms with E-state index in [0.29, 0.717) is 11.1 Å². The Morgan fingerprint density at radius 2 is 1.56 bits per heavy atom. The summed E-state index contributed by atoms with van der Waals surface area (Å²) in [6.45, 7) is -0.335. The van der Waals surface area contributed by atoms with Crippen molar-refractivity contribution in [2.45, 2.75) is 24.7 Å². The average molecular weight is 369 g/mol. The Morgan fingerprint density at radius 1 is 1.00 bits per heavy atom. The molecule has 1 heterocycles. The quantitative estimate of drug-likeness (QED) is 0.745. The predicted octanol–water partition coefficient (Wildman–Crippen LogP) is 1.32. The fourth-order valence-corrected chi connectivity index (χ4v) is 2.81. The number of aliphatic hydroxyl groups is 1. The second kappa shape index (κ2) is 8.46. The molecule has 7 nitrogen and oxygen atoms in total. The van der Waals surface area contributed by atoms with Crippen LogP contribution >= 0.6 is 0 Å². The van der Waals surface area contributed by atoms with Gasteiger partial charge in [0.15, 0.2) is 0 Å². The molecular formula is C20H19NO6. The molecule has 0 unspecified atom stereocenters. The van der Waals surface area contributed by atoms with Gasteiger partial charge in [-0.25, -0.2) is 9.59 Å². The molecule has 0 aromatic heterocycles. The van der Waals surface area contributed by atoms with Crippen LogP contribution in [0.5, 0.6) is 0 Å². The Hall–Kier alpha value is -3.19. The van der Waals surface area contributed by atoms with Crippen LogP contribution in [0.4, 0.5) is 0 Å². The summed E-state index contributed by atoms with van der Waals surface area (Å²) >= 11 is 0. The Morgan fingerprint density at radius 3 is 2.15 bits per heavy atom. The highest BCUT2D eigenvalue weighted by Crippen LogP contribution is 2.18. The van der Waals surface area contributed by atoms with E-state index in [0.717, 1.165) is 0 Å². The van der Waals surface area contributed by atoms with E-state index in [-0.39, 0.29) is 18.9 Å². The van der Waals surface area contributed by atoms with Crippen LogP contribution in [0.25, 0.3) is 0 Å². The van der Waals surface area contributed by atoms with Gasteiger partial charge in [-0.1, -0.05) is 36.4 Å². The van der Waals surface area contributed by atoms with Crippen LogP contribution in [0.2, 0.25) is 0 Å². The summed E-state index contributed by atoms with van der Waals surface area (Å²) in [5.74, 6) is -1.52. The third-order valence-corrected chi connectivity index (χ3v) is 4.19. The number of benzene rings is 2. The molecule has 27 heavy (non-hydrogen) atoms. The SMILES string of the molecule is O=C1C[C@@H](OC(=O)c2ccccc2)[C@H]([C@H](O)COC(=O)c2ccccc2)N1. The Labute approximate surface area is 155 Å². The van der Waals surface area contributed by atoms with Gasteiger partial charge < -0.3 is 19.9 Å². The molecule has 0 saturated carbocycles. The average Bonchev–Trinajstić information content (AvgIpc) is 3.07. The molecule has 2 aromatic carbocycles. The van der Waals surface area contributed by atoms with Crippen LogP contribution in [0.3, 0.4) is 0 Å². The minimum atomic E-state index is -1.21. The number of hydrogen-bond donors (Lipinski definition) is 2. The molecule has 140 valence electrons. The van der Waals surface area contributed by atoms with E-state index >= 15 is 0 Å². The predicted molar refractivity (Wildman–Crippen MR) is 94.9 cm³/mol. The lowest BCUT2D eigenvalue weighted by Gasteiger charge is -2.24. The van der Waals surface area contributed by atoms with E-state index in [1.54, 1.807) is 60.7 Å². The maximum absolute atomic E-state index is 12.2. The topological polar surface area (TPSA) is 102 Å². The molecule has 1 amide bonds. The van der Waals surface area contributed by atoms with Gasteiger partial charge in [-0.3, -0.25) is 4.79 Å². The first-order chi connectivity index (χ1) is 13.0. The van der Waals surface area contributed by atoms with E-state index in [1.165, 1.54) is 0 Å². The van der Waals surface area contributed by atoms with Gasteiger partial charge in [0.25, 0.3) is 0 Å². The second-order valence-electron chi connectivity index (χ2n) is 6.14. The van der Waals surface area contributed by atoms with Crippen molar-refractivity contribution in [3.8, 4) is 0 Å². The summed E-state index contributed by atoms with van der Waals surface area (Å²) in [6.07, 6.45) is -2.12. The van der Waals surface area contributed by atoms with Gasteiger partial charge in [-0.05, 0) is 24.3 Å². The highest BCUT2D eigenvalue weighted by atomic mass is 16.6. The molecule has 2 aromatic rings. The van der Waals surface area contributed by atoms with Crippen LogP contribution in [0.15, 0.2) is 60.7 Å². The number of carbonyl (C=O) groups is 3. The molecule has 1 saturated heterocycles. The van der Waals surface area contributed by atoms with Crippen LogP contribution < -0.4 is 5.32 Å². The number of hydrogen-bond acceptors (Lipinski definition) is 6. The molecular weight excluding hydrogens is 350 g/mol. The minimum Gasteiger partial charge on any atom is -0.459 e. The molecule has 1 aliphatic heterocycles. The normalized spacial score (nSPS) is 19.8. The van der Waals surface area contributed by atoms with E-state index < -0.39 is 30.2 Å². The van der Waals surface area contributed by atoms with Crippen molar-refractivity contribution in [3.05, 3.63) is 71.8 Å². The van der Waals surface area contributed by atoms with Crippen molar-refractivity contribution in [2.24, 2.45) is 0 Å². The Balaban J connectivity index is 1.59. The van der Waals surface area contributed by atoms with Crippen LogP contribution in [0.1, 0.15) is 27.1 Å². The first-order valence-electron chi connectivity index (χ1n) is 8.50. The first-order valence-corrected chi connectivity index (χ1v) is 8.50. The van der Waals surface area contributed by atoms with Gasteiger partial charge in [-0.15, -0.1) is 0 Å². The van der Waals surface area contributed by atoms with Crippen molar-refractivity contribution in [1.29, 1.82) is 0 Å². The summed E-state index contributed by atoms with van der Waals surface area (Å²) in [4.78, 5) is 35.9. The number of rotatable bonds is 6. The molecule has 0 bridgehead atoms. The highest BCUT2D eigenvalue weighted by molar-refractivity contribution is 5.90. The van der Waals surface area contributed by atoms with Crippen molar-refractivity contribution in [1.82, 2.24) is 5.32 Å².